The average molecular weight is 372 g/mol. The van der Waals surface area contributed by atoms with Gasteiger partial charge in [-0.1, -0.05) is 18.2 Å². The molecule has 0 atom stereocenters. The van der Waals surface area contributed by atoms with Gasteiger partial charge in [0, 0.05) is 17.6 Å². The van der Waals surface area contributed by atoms with E-state index in [2.05, 4.69) is 10.3 Å². The predicted octanol–water partition coefficient (Wildman–Crippen LogP) is 5.98. The van der Waals surface area contributed by atoms with E-state index < -0.39 is 11.7 Å². The standard InChI is InChI=1S/C21H19F3N2O/c1-3-12-25-13-15-5-11-19(20-18(15)10-4-14(2)26-20)27-17-8-6-16(7-9-17)21(22,23)24/h3-12,25H,13H2,1-2H3. The molecule has 1 heterocycles. The Balaban J connectivity index is 1.94. The van der Waals surface area contributed by atoms with Gasteiger partial charge in [-0.05, 0) is 62.0 Å². The first kappa shape index (κ1) is 18.8. The van der Waals surface area contributed by atoms with Crippen molar-refractivity contribution in [2.45, 2.75) is 26.6 Å². The van der Waals surface area contributed by atoms with Gasteiger partial charge >= 0.3 is 6.18 Å². The molecule has 140 valence electrons. The van der Waals surface area contributed by atoms with Gasteiger partial charge in [-0.2, -0.15) is 13.2 Å². The summed E-state index contributed by atoms with van der Waals surface area (Å²) in [6.07, 6.45) is -0.599. The lowest BCUT2D eigenvalue weighted by molar-refractivity contribution is -0.137. The predicted molar refractivity (Wildman–Crippen MR) is 99.7 cm³/mol. The van der Waals surface area contributed by atoms with Crippen LogP contribution in [-0.4, -0.2) is 4.98 Å². The quantitative estimate of drug-likeness (QED) is 0.598. The minimum Gasteiger partial charge on any atom is -0.455 e. The van der Waals surface area contributed by atoms with Crippen molar-refractivity contribution < 1.29 is 17.9 Å². The normalized spacial score (nSPS) is 11.9. The van der Waals surface area contributed by atoms with Gasteiger partial charge in [0.15, 0.2) is 5.75 Å². The van der Waals surface area contributed by atoms with Gasteiger partial charge in [-0.3, -0.25) is 0 Å². The van der Waals surface area contributed by atoms with Crippen LogP contribution in [0, 0.1) is 6.92 Å². The largest absolute Gasteiger partial charge is 0.455 e. The number of aromatic nitrogens is 1. The number of ether oxygens (including phenoxy) is 1. The van der Waals surface area contributed by atoms with E-state index in [-0.39, 0.29) is 0 Å². The summed E-state index contributed by atoms with van der Waals surface area (Å²) in [5.41, 5.74) is 1.85. The van der Waals surface area contributed by atoms with Crippen LogP contribution in [0.3, 0.4) is 0 Å². The highest BCUT2D eigenvalue weighted by Crippen LogP contribution is 2.34. The van der Waals surface area contributed by atoms with Crippen molar-refractivity contribution in [3.05, 3.63) is 77.6 Å². The molecule has 2 aromatic carbocycles. The lowest BCUT2D eigenvalue weighted by Gasteiger charge is -2.13. The maximum absolute atomic E-state index is 12.7. The third kappa shape index (κ3) is 4.39. The molecule has 1 aromatic heterocycles. The monoisotopic (exact) mass is 372 g/mol. The zero-order chi connectivity index (χ0) is 19.4. The number of benzene rings is 2. The molecule has 0 amide bonds. The summed E-state index contributed by atoms with van der Waals surface area (Å²) in [5.74, 6) is 0.829. The molecule has 0 aliphatic rings. The molecule has 27 heavy (non-hydrogen) atoms. The maximum Gasteiger partial charge on any atom is 0.416 e. The smallest absolute Gasteiger partial charge is 0.416 e. The van der Waals surface area contributed by atoms with Crippen molar-refractivity contribution in [2.24, 2.45) is 0 Å². The minimum absolute atomic E-state index is 0.326. The molecule has 1 N–H and O–H groups in total. The molecule has 0 saturated heterocycles. The number of hydrogen-bond donors (Lipinski definition) is 1. The number of alkyl halides is 3. The summed E-state index contributed by atoms with van der Waals surface area (Å²) in [6.45, 7) is 4.44. The van der Waals surface area contributed by atoms with Crippen molar-refractivity contribution in [1.82, 2.24) is 10.3 Å². The van der Waals surface area contributed by atoms with Gasteiger partial charge in [0.1, 0.15) is 11.3 Å². The molecular formula is C21H19F3N2O. The number of nitrogens with zero attached hydrogens (tertiary/aromatic N) is 1. The van der Waals surface area contributed by atoms with Crippen molar-refractivity contribution in [2.75, 3.05) is 0 Å². The van der Waals surface area contributed by atoms with Crippen LogP contribution in [0.5, 0.6) is 11.5 Å². The topological polar surface area (TPSA) is 34.1 Å². The Morgan fingerprint density at radius 3 is 2.44 bits per heavy atom. The third-order valence-electron chi connectivity index (χ3n) is 4.04. The van der Waals surface area contributed by atoms with Crippen molar-refractivity contribution >= 4 is 10.9 Å². The first-order valence-electron chi connectivity index (χ1n) is 8.47. The number of aryl methyl sites for hydroxylation is 1. The van der Waals surface area contributed by atoms with Crippen LogP contribution in [0.1, 0.15) is 23.7 Å². The van der Waals surface area contributed by atoms with E-state index in [4.69, 9.17) is 4.74 Å². The molecule has 0 spiro atoms. The second-order valence-electron chi connectivity index (χ2n) is 6.08. The SMILES string of the molecule is CC=CNCc1ccc(Oc2ccc(C(F)(F)F)cc2)c2nc(C)ccc12. The van der Waals surface area contributed by atoms with Crippen LogP contribution < -0.4 is 10.1 Å². The van der Waals surface area contributed by atoms with Crippen LogP contribution in [0.2, 0.25) is 0 Å². The van der Waals surface area contributed by atoms with Gasteiger partial charge in [-0.25, -0.2) is 4.98 Å². The Hall–Kier alpha value is -3.02. The molecule has 0 aliphatic carbocycles. The van der Waals surface area contributed by atoms with Crippen molar-refractivity contribution in [3.63, 3.8) is 0 Å². The van der Waals surface area contributed by atoms with Crippen molar-refractivity contribution in [3.8, 4) is 11.5 Å². The summed E-state index contributed by atoms with van der Waals surface area (Å²) in [5, 5.41) is 4.12. The highest BCUT2D eigenvalue weighted by Gasteiger charge is 2.30. The van der Waals surface area contributed by atoms with Crippen LogP contribution in [0.15, 0.2) is 60.8 Å². The molecule has 0 unspecified atom stereocenters. The summed E-state index contributed by atoms with van der Waals surface area (Å²) in [4.78, 5) is 4.57. The highest BCUT2D eigenvalue weighted by atomic mass is 19.4. The average Bonchev–Trinajstić information content (AvgIpc) is 2.63. The van der Waals surface area contributed by atoms with Crippen LogP contribution in [-0.2, 0) is 12.7 Å². The Labute approximate surface area is 155 Å². The van der Waals surface area contributed by atoms with E-state index in [1.54, 1.807) is 6.07 Å². The fourth-order valence-corrected chi connectivity index (χ4v) is 2.71. The van der Waals surface area contributed by atoms with E-state index >= 15 is 0 Å². The number of nitrogens with one attached hydrogen (secondary N) is 1. The summed E-state index contributed by atoms with van der Waals surface area (Å²) >= 11 is 0. The van der Waals surface area contributed by atoms with E-state index in [0.717, 1.165) is 28.8 Å². The molecule has 0 saturated carbocycles. The fourth-order valence-electron chi connectivity index (χ4n) is 2.71. The van der Waals surface area contributed by atoms with Crippen LogP contribution >= 0.6 is 0 Å². The second kappa shape index (κ2) is 7.70. The lowest BCUT2D eigenvalue weighted by atomic mass is 10.1. The zero-order valence-corrected chi connectivity index (χ0v) is 15.0. The summed E-state index contributed by atoms with van der Waals surface area (Å²) < 4.78 is 44.0. The highest BCUT2D eigenvalue weighted by molar-refractivity contribution is 5.88. The third-order valence-corrected chi connectivity index (χ3v) is 4.04. The summed E-state index contributed by atoms with van der Waals surface area (Å²) in [7, 11) is 0. The Morgan fingerprint density at radius 1 is 1.04 bits per heavy atom. The maximum atomic E-state index is 12.7. The molecule has 0 fully saturated rings. The summed E-state index contributed by atoms with van der Waals surface area (Å²) in [6, 6.07) is 12.2. The van der Waals surface area contributed by atoms with E-state index in [9.17, 15) is 13.2 Å². The molecule has 3 aromatic rings. The molecule has 0 radical (unpaired) electrons. The van der Waals surface area contributed by atoms with Gasteiger partial charge in [0.05, 0.1) is 5.56 Å². The van der Waals surface area contributed by atoms with Crippen LogP contribution in [0.25, 0.3) is 10.9 Å². The molecule has 3 rings (SSSR count). The van der Waals surface area contributed by atoms with Gasteiger partial charge in [-0.15, -0.1) is 0 Å². The molecule has 6 heteroatoms. The molecule has 0 bridgehead atoms. The number of hydrogen-bond acceptors (Lipinski definition) is 3. The Kier molecular flexibility index (Phi) is 5.35. The number of fused-ring (bicyclic) bond motifs is 1. The van der Waals surface area contributed by atoms with E-state index in [1.165, 1.54) is 12.1 Å². The fraction of sp³-hybridized carbons (Fsp3) is 0.190. The van der Waals surface area contributed by atoms with E-state index in [1.807, 2.05) is 44.3 Å². The van der Waals surface area contributed by atoms with E-state index in [0.29, 0.717) is 23.6 Å². The number of allylic oxidation sites excluding steroid dienone is 1. The van der Waals surface area contributed by atoms with Crippen molar-refractivity contribution in [1.29, 1.82) is 0 Å². The minimum atomic E-state index is -4.37. The van der Waals surface area contributed by atoms with Crippen LogP contribution in [0.4, 0.5) is 13.2 Å². The first-order chi connectivity index (χ1) is 12.9. The lowest BCUT2D eigenvalue weighted by Crippen LogP contribution is -2.05. The number of halogens is 3. The number of pyridine rings is 1. The zero-order valence-electron chi connectivity index (χ0n) is 15.0. The Bertz CT molecular complexity index is 964. The first-order valence-corrected chi connectivity index (χ1v) is 8.47. The Morgan fingerprint density at radius 2 is 1.78 bits per heavy atom. The van der Waals surface area contributed by atoms with Gasteiger partial charge in [0.2, 0.25) is 0 Å². The number of rotatable bonds is 5. The second-order valence-corrected chi connectivity index (χ2v) is 6.08. The molecular weight excluding hydrogens is 353 g/mol. The molecule has 0 aliphatic heterocycles. The van der Waals surface area contributed by atoms with Gasteiger partial charge < -0.3 is 10.1 Å². The molecule has 3 nitrogen and oxygen atoms in total. The van der Waals surface area contributed by atoms with Gasteiger partial charge in [0.25, 0.3) is 0 Å².